The maximum Gasteiger partial charge on any atom is 0.316 e. The maximum absolute atomic E-state index is 13.1. The van der Waals surface area contributed by atoms with Crippen LogP contribution in [-0.4, -0.2) is 40.4 Å². The van der Waals surface area contributed by atoms with Gasteiger partial charge in [-0.05, 0) is 32.0 Å². The van der Waals surface area contributed by atoms with E-state index in [9.17, 15) is 23.2 Å². The molecule has 0 radical (unpaired) electrons. The summed E-state index contributed by atoms with van der Waals surface area (Å²) in [5.74, 6) is -3.36. The number of Topliss-reactive ketones (excluding diaryl/α,β-unsaturated/α-hetero) is 1. The highest BCUT2D eigenvalue weighted by Gasteiger charge is 2.18. The molecule has 0 aliphatic rings. The smallest absolute Gasteiger partial charge is 0.316 e. The number of hydrogen-bond acceptors (Lipinski definition) is 7. The Morgan fingerprint density at radius 2 is 2.00 bits per heavy atom. The first-order valence-electron chi connectivity index (χ1n) is 7.76. The third kappa shape index (κ3) is 6.17. The van der Waals surface area contributed by atoms with Crippen molar-refractivity contribution < 1.29 is 32.4 Å². The number of carbonyl (C=O) groups is 3. The first-order valence-corrected chi connectivity index (χ1v) is 8.81. The molecular weight excluding hydrogens is 382 g/mol. The summed E-state index contributed by atoms with van der Waals surface area (Å²) in [6, 6.07) is 4.20. The van der Waals surface area contributed by atoms with E-state index in [0.29, 0.717) is 5.76 Å². The highest BCUT2D eigenvalue weighted by Crippen LogP contribution is 2.15. The molecule has 1 aromatic heterocycles. The van der Waals surface area contributed by atoms with Gasteiger partial charge in [-0.2, -0.15) is 0 Å². The molecule has 2 aromatic rings. The monoisotopic (exact) mass is 398 g/mol. The summed E-state index contributed by atoms with van der Waals surface area (Å²) < 4.78 is 35.6. The zero-order valence-electron chi connectivity index (χ0n) is 14.5. The average Bonchev–Trinajstić information content (AvgIpc) is 3.04. The second-order valence-electron chi connectivity index (χ2n) is 5.48. The van der Waals surface area contributed by atoms with E-state index in [2.05, 4.69) is 10.5 Å². The van der Waals surface area contributed by atoms with Crippen LogP contribution in [0.4, 0.5) is 14.6 Å². The van der Waals surface area contributed by atoms with Crippen LogP contribution in [0.1, 0.15) is 23.0 Å². The number of ketones is 1. The molecule has 0 unspecified atom stereocenters. The van der Waals surface area contributed by atoms with Crippen LogP contribution < -0.4 is 5.32 Å². The molecule has 27 heavy (non-hydrogen) atoms. The van der Waals surface area contributed by atoms with Crippen LogP contribution >= 0.6 is 11.8 Å². The van der Waals surface area contributed by atoms with E-state index in [0.717, 1.165) is 30.0 Å². The van der Waals surface area contributed by atoms with E-state index >= 15 is 0 Å². The van der Waals surface area contributed by atoms with Gasteiger partial charge in [0.25, 0.3) is 0 Å². The zero-order valence-corrected chi connectivity index (χ0v) is 15.3. The van der Waals surface area contributed by atoms with E-state index in [1.807, 2.05) is 0 Å². The fourth-order valence-electron chi connectivity index (χ4n) is 1.86. The lowest BCUT2D eigenvalue weighted by molar-refractivity contribution is -0.139. The van der Waals surface area contributed by atoms with Gasteiger partial charge in [-0.15, -0.1) is 11.8 Å². The fraction of sp³-hybridized carbons (Fsp3) is 0.294. The van der Waals surface area contributed by atoms with Crippen molar-refractivity contribution >= 4 is 35.2 Å². The highest BCUT2D eigenvalue weighted by atomic mass is 32.2. The number of carbonyl (C=O) groups excluding carboxylic acids is 3. The van der Waals surface area contributed by atoms with Gasteiger partial charge in [0, 0.05) is 11.6 Å². The third-order valence-electron chi connectivity index (χ3n) is 3.31. The van der Waals surface area contributed by atoms with E-state index in [1.165, 1.54) is 0 Å². The van der Waals surface area contributed by atoms with E-state index < -0.39 is 35.2 Å². The number of esters is 1. The lowest BCUT2D eigenvalue weighted by Crippen LogP contribution is -2.24. The number of halogens is 2. The summed E-state index contributed by atoms with van der Waals surface area (Å²) in [7, 11) is 0. The molecule has 144 valence electrons. The molecule has 1 amide bonds. The predicted octanol–water partition coefficient (Wildman–Crippen LogP) is 2.75. The van der Waals surface area contributed by atoms with Gasteiger partial charge in [0.05, 0.1) is 11.0 Å². The lowest BCUT2D eigenvalue weighted by Gasteiger charge is -2.10. The fourth-order valence-corrected chi connectivity index (χ4v) is 2.54. The van der Waals surface area contributed by atoms with Gasteiger partial charge in [-0.1, -0.05) is 5.16 Å². The number of hydrogen-bond donors (Lipinski definition) is 1. The second kappa shape index (κ2) is 9.26. The zero-order chi connectivity index (χ0) is 20.0. The van der Waals surface area contributed by atoms with Crippen molar-refractivity contribution in [1.29, 1.82) is 0 Å². The molecule has 0 fully saturated rings. The van der Waals surface area contributed by atoms with E-state index in [1.54, 1.807) is 19.9 Å². The third-order valence-corrected chi connectivity index (χ3v) is 4.42. The van der Waals surface area contributed by atoms with Crippen molar-refractivity contribution in [2.75, 3.05) is 17.7 Å². The Balaban J connectivity index is 1.74. The summed E-state index contributed by atoms with van der Waals surface area (Å²) >= 11 is 1.00. The van der Waals surface area contributed by atoms with Gasteiger partial charge in [0.1, 0.15) is 5.76 Å². The van der Waals surface area contributed by atoms with Gasteiger partial charge in [-0.25, -0.2) is 8.78 Å². The molecule has 1 heterocycles. The van der Waals surface area contributed by atoms with E-state index in [-0.39, 0.29) is 23.0 Å². The Labute approximate surface area is 157 Å². The van der Waals surface area contributed by atoms with Gasteiger partial charge >= 0.3 is 5.97 Å². The van der Waals surface area contributed by atoms with Crippen LogP contribution in [0.15, 0.2) is 28.8 Å². The molecule has 1 aromatic carbocycles. The summed E-state index contributed by atoms with van der Waals surface area (Å²) in [4.78, 5) is 35.5. The average molecular weight is 398 g/mol. The van der Waals surface area contributed by atoms with Gasteiger partial charge in [0.15, 0.2) is 29.8 Å². The van der Waals surface area contributed by atoms with Crippen LogP contribution in [0.2, 0.25) is 0 Å². The maximum atomic E-state index is 13.1. The Morgan fingerprint density at radius 3 is 2.63 bits per heavy atom. The highest BCUT2D eigenvalue weighted by molar-refractivity contribution is 8.01. The predicted molar refractivity (Wildman–Crippen MR) is 93.4 cm³/mol. The van der Waals surface area contributed by atoms with Crippen molar-refractivity contribution in [2.24, 2.45) is 0 Å². The summed E-state index contributed by atoms with van der Waals surface area (Å²) in [6.45, 7) is 2.66. The number of anilines is 1. The number of ether oxygens (including phenoxy) is 1. The van der Waals surface area contributed by atoms with E-state index in [4.69, 9.17) is 9.26 Å². The quantitative estimate of drug-likeness (QED) is 0.539. The number of amides is 1. The van der Waals surface area contributed by atoms with Gasteiger partial charge in [0.2, 0.25) is 5.91 Å². The SMILES string of the molecule is Cc1cc(NC(=O)[C@@H](C)SCC(=O)OCC(=O)c2ccc(F)c(F)c2)no1. The minimum atomic E-state index is -1.16. The summed E-state index contributed by atoms with van der Waals surface area (Å²) in [6.07, 6.45) is 0. The molecule has 0 aliphatic heterocycles. The Bertz CT molecular complexity index is 856. The number of nitrogens with one attached hydrogen (secondary N) is 1. The molecule has 7 nitrogen and oxygen atoms in total. The number of nitrogens with zero attached hydrogens (tertiary/aromatic N) is 1. The molecule has 2 rings (SSSR count). The van der Waals surface area contributed by atoms with Crippen LogP contribution in [0, 0.1) is 18.6 Å². The standard InChI is InChI=1S/C17H16F2N2O5S/c1-9-5-15(21-26-9)20-17(24)10(2)27-8-16(23)25-7-14(22)11-3-4-12(18)13(19)6-11/h3-6,10H,7-8H2,1-2H3,(H,20,21,24)/t10-/m1/s1. The lowest BCUT2D eigenvalue weighted by atomic mass is 10.1. The molecule has 1 N–H and O–H groups in total. The first-order chi connectivity index (χ1) is 12.8. The largest absolute Gasteiger partial charge is 0.457 e. The normalized spacial score (nSPS) is 11.7. The minimum absolute atomic E-state index is 0.106. The molecule has 10 heteroatoms. The summed E-state index contributed by atoms with van der Waals surface area (Å²) in [5.41, 5.74) is -0.106. The van der Waals surface area contributed by atoms with Crippen LogP contribution in [0.25, 0.3) is 0 Å². The second-order valence-corrected chi connectivity index (χ2v) is 6.81. The molecular formula is C17H16F2N2O5S. The molecule has 0 saturated carbocycles. The molecule has 0 bridgehead atoms. The number of thioether (sulfide) groups is 1. The summed E-state index contributed by atoms with van der Waals surface area (Å²) in [5, 5.41) is 5.57. The van der Waals surface area contributed by atoms with Crippen molar-refractivity contribution in [3.8, 4) is 0 Å². The number of benzene rings is 1. The number of aromatic nitrogens is 1. The first kappa shape index (κ1) is 20.6. The van der Waals surface area contributed by atoms with Crippen LogP contribution in [0.3, 0.4) is 0 Å². The topological polar surface area (TPSA) is 98.5 Å². The number of aryl methyl sites for hydroxylation is 1. The van der Waals surface area contributed by atoms with Crippen LogP contribution in [-0.2, 0) is 14.3 Å². The molecule has 0 spiro atoms. The molecule has 1 atom stereocenters. The van der Waals surface area contributed by atoms with Crippen molar-refractivity contribution in [3.05, 3.63) is 47.2 Å². The molecule has 0 saturated heterocycles. The van der Waals surface area contributed by atoms with Gasteiger partial charge in [-0.3, -0.25) is 14.4 Å². The Kier molecular flexibility index (Phi) is 7.05. The van der Waals surface area contributed by atoms with Crippen molar-refractivity contribution in [3.63, 3.8) is 0 Å². The minimum Gasteiger partial charge on any atom is -0.457 e. The Morgan fingerprint density at radius 1 is 1.26 bits per heavy atom. The van der Waals surface area contributed by atoms with Crippen LogP contribution in [0.5, 0.6) is 0 Å². The van der Waals surface area contributed by atoms with Gasteiger partial charge < -0.3 is 14.6 Å². The van der Waals surface area contributed by atoms with Crippen molar-refractivity contribution in [2.45, 2.75) is 19.1 Å². The molecule has 0 aliphatic carbocycles. The van der Waals surface area contributed by atoms with Crippen molar-refractivity contribution in [1.82, 2.24) is 5.16 Å². The number of rotatable bonds is 8. The Hall–Kier alpha value is -2.75.